The van der Waals surface area contributed by atoms with Crippen molar-refractivity contribution < 1.29 is 10.2 Å². The van der Waals surface area contributed by atoms with Gasteiger partial charge in [0.25, 0.3) is 0 Å². The summed E-state index contributed by atoms with van der Waals surface area (Å²) >= 11 is 3.59. The monoisotopic (exact) mass is 474 g/mol. The van der Waals surface area contributed by atoms with Crippen LogP contribution >= 0.6 is 16.1 Å². The van der Waals surface area contributed by atoms with Crippen LogP contribution in [0.1, 0.15) is 25.0 Å². The fourth-order valence-corrected chi connectivity index (χ4v) is 5.10. The van der Waals surface area contributed by atoms with E-state index in [1.807, 2.05) is 65.6 Å². The molecule has 0 fully saturated rings. The molecule has 0 amide bonds. The van der Waals surface area contributed by atoms with Crippen molar-refractivity contribution in [2.75, 3.05) is 15.9 Å². The molecule has 5 rings (SSSR count). The Morgan fingerprint density at radius 3 is 2.16 bits per heavy atom. The number of hydrogen-bond acceptors (Lipinski definition) is 4. The summed E-state index contributed by atoms with van der Waals surface area (Å²) in [5.41, 5.74) is 7.01. The molecular formula is C26H23BrN2O2. The Morgan fingerprint density at radius 2 is 1.45 bits per heavy atom. The molecule has 5 heteroatoms. The van der Waals surface area contributed by atoms with Gasteiger partial charge < -0.3 is 15.1 Å². The zero-order valence-electron chi connectivity index (χ0n) is 17.6. The Bertz CT molecular complexity index is 1260. The molecule has 3 aliphatic rings. The van der Waals surface area contributed by atoms with Crippen molar-refractivity contribution in [3.8, 4) is 0 Å². The average molecular weight is 475 g/mol. The van der Waals surface area contributed by atoms with Gasteiger partial charge in [-0.25, -0.2) is 0 Å². The van der Waals surface area contributed by atoms with Crippen LogP contribution in [0.15, 0.2) is 101 Å². The Labute approximate surface area is 190 Å². The average Bonchev–Trinajstić information content (AvgIpc) is 2.97. The number of halogens is 1. The summed E-state index contributed by atoms with van der Waals surface area (Å²) in [7, 11) is 2.02. The SMILES string of the molecule is CN1C(=CC2=C(O)C(C=C3C=Cc4ccccc4N3Br)=C2O)C(C)(C)c2ccccc21. The molecule has 0 bridgehead atoms. The van der Waals surface area contributed by atoms with Crippen LogP contribution in [0.2, 0.25) is 0 Å². The lowest BCUT2D eigenvalue weighted by molar-refractivity contribution is 0.354. The summed E-state index contributed by atoms with van der Waals surface area (Å²) < 4.78 is 1.87. The fourth-order valence-electron chi connectivity index (χ4n) is 4.56. The van der Waals surface area contributed by atoms with Gasteiger partial charge in [0.05, 0.1) is 38.7 Å². The van der Waals surface area contributed by atoms with E-state index in [1.54, 1.807) is 6.08 Å². The predicted octanol–water partition coefficient (Wildman–Crippen LogP) is 6.66. The van der Waals surface area contributed by atoms with E-state index in [9.17, 15) is 10.2 Å². The highest BCUT2D eigenvalue weighted by molar-refractivity contribution is 9.10. The van der Waals surface area contributed by atoms with E-state index in [-0.39, 0.29) is 16.9 Å². The van der Waals surface area contributed by atoms with Gasteiger partial charge in [0.2, 0.25) is 0 Å². The third-order valence-electron chi connectivity index (χ3n) is 6.34. The zero-order valence-corrected chi connectivity index (χ0v) is 19.2. The predicted molar refractivity (Wildman–Crippen MR) is 130 cm³/mol. The van der Waals surface area contributed by atoms with Crippen molar-refractivity contribution in [3.63, 3.8) is 0 Å². The quantitative estimate of drug-likeness (QED) is 0.477. The Morgan fingerprint density at radius 1 is 0.839 bits per heavy atom. The third kappa shape index (κ3) is 2.87. The lowest BCUT2D eigenvalue weighted by Gasteiger charge is -2.28. The van der Waals surface area contributed by atoms with Crippen LogP contribution in [0.4, 0.5) is 11.4 Å². The molecule has 0 atom stereocenters. The van der Waals surface area contributed by atoms with Crippen molar-refractivity contribution in [3.05, 3.63) is 112 Å². The molecule has 2 aliphatic heterocycles. The second-order valence-corrected chi connectivity index (χ2v) is 9.21. The standard InChI is InChI=1S/C26H23BrN2O2/c1-26(2)20-9-5-7-11-22(20)28(3)23(26)15-19-24(30)18(25(19)31)14-17-13-12-16-8-4-6-10-21(16)29(17)27/h4-15,30-31H,1-3H3. The number of fused-ring (bicyclic) bond motifs is 2. The number of benzene rings is 2. The second-order valence-electron chi connectivity index (χ2n) is 8.50. The van der Waals surface area contributed by atoms with Crippen LogP contribution < -0.4 is 8.83 Å². The second kappa shape index (κ2) is 6.92. The van der Waals surface area contributed by atoms with Crippen LogP contribution in [-0.4, -0.2) is 17.3 Å². The number of nitrogens with zero attached hydrogens (tertiary/aromatic N) is 2. The molecular weight excluding hydrogens is 452 g/mol. The summed E-state index contributed by atoms with van der Waals surface area (Å²) in [5.74, 6) is 0.205. The van der Waals surface area contributed by atoms with Gasteiger partial charge in [0, 0.05) is 23.8 Å². The molecule has 2 N–H and O–H groups in total. The molecule has 2 aromatic carbocycles. The highest BCUT2D eigenvalue weighted by Crippen LogP contribution is 2.48. The number of rotatable bonds is 2. The van der Waals surface area contributed by atoms with Crippen molar-refractivity contribution >= 4 is 33.6 Å². The van der Waals surface area contributed by atoms with Crippen LogP contribution in [0, 0.1) is 0 Å². The Kier molecular flexibility index (Phi) is 4.41. The molecule has 1 aliphatic carbocycles. The molecule has 0 unspecified atom stereocenters. The van der Waals surface area contributed by atoms with Crippen molar-refractivity contribution in [1.82, 2.24) is 0 Å². The summed E-state index contributed by atoms with van der Waals surface area (Å²) in [6, 6.07) is 16.3. The van der Waals surface area contributed by atoms with E-state index in [4.69, 9.17) is 0 Å². The van der Waals surface area contributed by atoms with Gasteiger partial charge in [-0.15, -0.1) is 0 Å². The maximum absolute atomic E-state index is 10.8. The van der Waals surface area contributed by atoms with Crippen molar-refractivity contribution in [2.24, 2.45) is 0 Å². The minimum absolute atomic E-state index is 0.103. The molecule has 2 aromatic rings. The first-order valence-corrected chi connectivity index (χ1v) is 10.9. The van der Waals surface area contributed by atoms with Crippen molar-refractivity contribution in [1.29, 1.82) is 0 Å². The zero-order chi connectivity index (χ0) is 21.9. The summed E-state index contributed by atoms with van der Waals surface area (Å²) in [5, 5.41) is 21.6. The van der Waals surface area contributed by atoms with Gasteiger partial charge in [-0.2, -0.15) is 0 Å². The molecule has 4 nitrogen and oxygen atoms in total. The number of aliphatic hydroxyl groups is 2. The first kappa shape index (κ1) is 19.8. The van der Waals surface area contributed by atoms with E-state index in [0.717, 1.165) is 28.3 Å². The van der Waals surface area contributed by atoms with Gasteiger partial charge in [-0.3, -0.25) is 3.93 Å². The van der Waals surface area contributed by atoms with Gasteiger partial charge in [0.15, 0.2) is 0 Å². The summed E-state index contributed by atoms with van der Waals surface area (Å²) in [6.07, 6.45) is 7.65. The van der Waals surface area contributed by atoms with Gasteiger partial charge in [-0.1, -0.05) is 56.3 Å². The van der Waals surface area contributed by atoms with Crippen LogP contribution in [0.25, 0.3) is 6.08 Å². The Balaban J connectivity index is 1.47. The molecule has 0 radical (unpaired) electrons. The van der Waals surface area contributed by atoms with E-state index >= 15 is 0 Å². The van der Waals surface area contributed by atoms with E-state index < -0.39 is 0 Å². The number of likely N-dealkylation sites (N-methyl/N-ethyl adjacent to an activating group) is 1. The number of para-hydroxylation sites is 2. The summed E-state index contributed by atoms with van der Waals surface area (Å²) in [4.78, 5) is 2.13. The topological polar surface area (TPSA) is 46.9 Å². The lowest BCUT2D eigenvalue weighted by atomic mass is 9.81. The normalized spacial score (nSPS) is 21.7. The molecule has 0 spiro atoms. The van der Waals surface area contributed by atoms with Gasteiger partial charge >= 0.3 is 0 Å². The minimum atomic E-state index is -0.227. The number of anilines is 2. The number of allylic oxidation sites excluding steroid dienone is 4. The Hall–Kier alpha value is -3.18. The minimum Gasteiger partial charge on any atom is -0.506 e. The molecule has 156 valence electrons. The van der Waals surface area contributed by atoms with Gasteiger partial charge in [0.1, 0.15) is 11.5 Å². The van der Waals surface area contributed by atoms with Crippen LogP contribution in [0.5, 0.6) is 0 Å². The van der Waals surface area contributed by atoms with Gasteiger partial charge in [-0.05, 0) is 41.5 Å². The molecule has 0 saturated carbocycles. The first-order chi connectivity index (χ1) is 14.8. The number of hydrogen-bond donors (Lipinski definition) is 2. The molecule has 0 aromatic heterocycles. The van der Waals surface area contributed by atoms with Crippen LogP contribution in [-0.2, 0) is 5.41 Å². The maximum Gasteiger partial charge on any atom is 0.137 e. The fraction of sp³-hybridized carbons (Fsp3) is 0.154. The van der Waals surface area contributed by atoms with Crippen LogP contribution in [0.3, 0.4) is 0 Å². The smallest absolute Gasteiger partial charge is 0.137 e. The van der Waals surface area contributed by atoms with E-state index in [2.05, 4.69) is 47.0 Å². The van der Waals surface area contributed by atoms with Crippen molar-refractivity contribution in [2.45, 2.75) is 19.3 Å². The molecule has 2 heterocycles. The highest BCUT2D eigenvalue weighted by atomic mass is 79.9. The third-order valence-corrected chi connectivity index (χ3v) is 7.13. The largest absolute Gasteiger partial charge is 0.506 e. The van der Waals surface area contributed by atoms with E-state index in [0.29, 0.717) is 11.1 Å². The van der Waals surface area contributed by atoms with E-state index in [1.165, 1.54) is 5.56 Å². The molecule has 31 heavy (non-hydrogen) atoms. The number of aliphatic hydroxyl groups excluding tert-OH is 2. The maximum atomic E-state index is 10.8. The highest BCUT2D eigenvalue weighted by Gasteiger charge is 2.39. The first-order valence-electron chi connectivity index (χ1n) is 10.2. The molecule has 0 saturated heterocycles. The summed E-state index contributed by atoms with van der Waals surface area (Å²) in [6.45, 7) is 4.32. The lowest BCUT2D eigenvalue weighted by Crippen LogP contribution is -2.24.